The van der Waals surface area contributed by atoms with Crippen molar-refractivity contribution in [2.24, 2.45) is 0 Å². The molecule has 27 aromatic carbocycles. The summed E-state index contributed by atoms with van der Waals surface area (Å²) in [5, 5.41) is 28.7. The Balaban J connectivity index is 0.748. The molecule has 138 heavy (non-hydrogen) atoms. The van der Waals surface area contributed by atoms with E-state index in [9.17, 15) is 0 Å². The molecule has 638 valence electrons. The van der Waals surface area contributed by atoms with Gasteiger partial charge < -0.3 is 0 Å². The molecule has 0 saturated heterocycles. The van der Waals surface area contributed by atoms with Gasteiger partial charge in [0.1, 0.15) is 0 Å². The minimum atomic E-state index is 1.10. The lowest BCUT2D eigenvalue weighted by molar-refractivity contribution is 1.57. The number of fused-ring (bicyclic) bond motifs is 12. The van der Waals surface area contributed by atoms with Gasteiger partial charge in [0, 0.05) is 0 Å². The van der Waals surface area contributed by atoms with Gasteiger partial charge in [0.2, 0.25) is 0 Å². The van der Waals surface area contributed by atoms with Crippen molar-refractivity contribution < 1.29 is 0 Å². The first-order valence-corrected chi connectivity index (χ1v) is 48.0. The Labute approximate surface area is 800 Å². The van der Waals surface area contributed by atoms with Crippen molar-refractivity contribution in [2.45, 2.75) is 0 Å². The molecule has 0 atom stereocenters. The van der Waals surface area contributed by atoms with E-state index in [1.165, 1.54) is 174 Å². The van der Waals surface area contributed by atoms with Crippen molar-refractivity contribution in [1.82, 2.24) is 0 Å². The van der Waals surface area contributed by atoms with Crippen molar-refractivity contribution >= 4 is 129 Å². The maximum Gasteiger partial charge on any atom is -0.00201 e. The summed E-state index contributed by atoms with van der Waals surface area (Å²) in [6.45, 7) is 0. The Morgan fingerprint density at radius 2 is 0.217 bits per heavy atom. The predicted octanol–water partition coefficient (Wildman–Crippen LogP) is 38.9. The zero-order valence-electron chi connectivity index (χ0n) is 75.7. The fourth-order valence-corrected chi connectivity index (χ4v) is 23.1. The molecule has 0 amide bonds. The van der Waals surface area contributed by atoms with Gasteiger partial charge in [-0.1, -0.05) is 449 Å². The van der Waals surface area contributed by atoms with Crippen LogP contribution in [0, 0.1) is 0 Å². The Kier molecular flexibility index (Phi) is 19.1. The molecule has 0 radical (unpaired) electrons. The molecule has 0 spiro atoms. The Hall–Kier alpha value is -17.9. The van der Waals surface area contributed by atoms with E-state index in [1.54, 1.807) is 0 Å². The smallest absolute Gasteiger partial charge is 0.00201 e. The summed E-state index contributed by atoms with van der Waals surface area (Å²) in [5.41, 5.74) is 32.4. The van der Waals surface area contributed by atoms with E-state index in [2.05, 4.69) is 522 Å². The molecule has 0 fully saturated rings. The quantitative estimate of drug-likeness (QED) is 0.0952. The number of hydrogen-bond acceptors (Lipinski definition) is 0. The summed E-state index contributed by atoms with van der Waals surface area (Å²) < 4.78 is 0. The van der Waals surface area contributed by atoms with Crippen LogP contribution >= 0.6 is 0 Å². The maximum atomic E-state index is 2.53. The van der Waals surface area contributed by atoms with E-state index in [0.717, 1.165) is 111 Å². The first kappa shape index (κ1) is 79.8. The van der Waals surface area contributed by atoms with Gasteiger partial charge >= 0.3 is 0 Å². The van der Waals surface area contributed by atoms with Gasteiger partial charge in [0.05, 0.1) is 0 Å². The fraction of sp³-hybridized carbons (Fsp3) is 0. The fourth-order valence-electron chi connectivity index (χ4n) is 23.1. The minimum Gasteiger partial charge on any atom is -0.0616 e. The lowest BCUT2D eigenvalue weighted by atomic mass is 9.81. The van der Waals surface area contributed by atoms with Gasteiger partial charge in [-0.3, -0.25) is 0 Å². The third-order valence-electron chi connectivity index (χ3n) is 29.3. The molecule has 0 nitrogen and oxygen atoms in total. The van der Waals surface area contributed by atoms with Gasteiger partial charge in [0.15, 0.2) is 0 Å². The molecule has 0 saturated carbocycles. The van der Waals surface area contributed by atoms with Crippen molar-refractivity contribution in [1.29, 1.82) is 0 Å². The molecular formula is C138H86. The third-order valence-corrected chi connectivity index (χ3v) is 29.3. The first-order valence-electron chi connectivity index (χ1n) is 48.0. The second-order valence-electron chi connectivity index (χ2n) is 37.0. The van der Waals surface area contributed by atoms with Gasteiger partial charge in [0.25, 0.3) is 0 Å². The lowest BCUT2D eigenvalue weighted by Gasteiger charge is -2.22. The van der Waals surface area contributed by atoms with Crippen LogP contribution in [0.3, 0.4) is 0 Å². The normalized spacial score (nSPS) is 11.8. The molecule has 0 aliphatic heterocycles. The molecule has 0 N–H and O–H groups in total. The van der Waals surface area contributed by atoms with Crippen molar-refractivity contribution in [3.05, 3.63) is 522 Å². The minimum absolute atomic E-state index is 1.10. The summed E-state index contributed by atoms with van der Waals surface area (Å²) in [7, 11) is 0. The van der Waals surface area contributed by atoms with Gasteiger partial charge in [-0.2, -0.15) is 0 Å². The first-order chi connectivity index (χ1) is 68.4. The van der Waals surface area contributed by atoms with Gasteiger partial charge in [-0.25, -0.2) is 0 Å². The van der Waals surface area contributed by atoms with Crippen LogP contribution in [0.15, 0.2) is 522 Å². The number of rotatable bonds is 14. The van der Waals surface area contributed by atoms with Crippen molar-refractivity contribution in [3.63, 3.8) is 0 Å². The van der Waals surface area contributed by atoms with Gasteiger partial charge in [-0.05, 0) is 358 Å². The zero-order chi connectivity index (χ0) is 90.8. The molecule has 0 aromatic heterocycles. The predicted molar refractivity (Wildman–Crippen MR) is 593 cm³/mol. The second kappa shape index (κ2) is 33.1. The maximum absolute atomic E-state index is 2.53. The molecular weight excluding hydrogens is 1660 g/mol. The van der Waals surface area contributed by atoms with Crippen LogP contribution in [0.2, 0.25) is 0 Å². The Morgan fingerprint density at radius 1 is 0.0797 bits per heavy atom. The summed E-state index contributed by atoms with van der Waals surface area (Å²) >= 11 is 0. The average molecular weight is 1740 g/mol. The third kappa shape index (κ3) is 13.5. The molecule has 27 aromatic rings. The van der Waals surface area contributed by atoms with E-state index >= 15 is 0 Å². The molecule has 0 aliphatic carbocycles. The second-order valence-corrected chi connectivity index (χ2v) is 37.0. The largest absolute Gasteiger partial charge is 0.0616 e. The highest BCUT2D eigenvalue weighted by molar-refractivity contribution is 6.25. The summed E-state index contributed by atoms with van der Waals surface area (Å²) in [6.07, 6.45) is 0. The topological polar surface area (TPSA) is 0 Å². The van der Waals surface area contributed by atoms with Crippen LogP contribution < -0.4 is 0 Å². The highest BCUT2D eigenvalue weighted by Crippen LogP contribution is 2.54. The number of benzene rings is 27. The van der Waals surface area contributed by atoms with Gasteiger partial charge in [-0.15, -0.1) is 0 Å². The van der Waals surface area contributed by atoms with Crippen LogP contribution in [0.4, 0.5) is 0 Å². The van der Waals surface area contributed by atoms with Crippen LogP contribution in [0.25, 0.3) is 285 Å². The van der Waals surface area contributed by atoms with E-state index in [0.29, 0.717) is 0 Å². The standard InChI is InChI=1S/C138H86/c1-9-47-107-87(31-1)39-21-59-115(107)99-75-95(76-100(83-99)116-60-22-40-88-32-2-10-48-108(88)116)97-79-103(119-71-73-133(123-65-27-45-93-37-7-15-53-113(93)123)137-125(119)67-29-69-127(137)121-63-25-43-91-35-5-13-51-111(91)121)85-105(81-97)135-129-55-17-19-57-131(129)136(132-58-20-18-56-130(132)135)106-82-98(96-77-101(117-61-23-41-89-33-3-11-49-109(89)117)84-102(78-96)118-62-24-42-90-34-4-12-50-110(90)118)80-104(86-106)120-72-74-134(124-66-28-46-94-38-8-16-54-114(94)124)138-126(120)68-30-70-128(138)122-64-26-44-92-36-6-14-52-112(92)122/h1-86H. The molecule has 0 heteroatoms. The Morgan fingerprint density at radius 3 is 0.457 bits per heavy atom. The van der Waals surface area contributed by atoms with Crippen molar-refractivity contribution in [2.75, 3.05) is 0 Å². The monoisotopic (exact) mass is 1740 g/mol. The Bertz CT molecular complexity index is 8720. The highest BCUT2D eigenvalue weighted by Gasteiger charge is 2.27. The molecule has 0 bridgehead atoms. The van der Waals surface area contributed by atoms with E-state index in [1.807, 2.05) is 0 Å². The van der Waals surface area contributed by atoms with Crippen LogP contribution in [-0.4, -0.2) is 0 Å². The van der Waals surface area contributed by atoms with Crippen LogP contribution in [0.5, 0.6) is 0 Å². The number of hydrogen-bond donors (Lipinski definition) is 0. The average Bonchev–Trinajstić information content (AvgIpc) is 0.751. The summed E-state index contributed by atoms with van der Waals surface area (Å²) in [6, 6.07) is 198. The summed E-state index contributed by atoms with van der Waals surface area (Å²) in [5.74, 6) is 0. The van der Waals surface area contributed by atoms with Crippen LogP contribution in [0.1, 0.15) is 0 Å². The van der Waals surface area contributed by atoms with E-state index in [-0.39, 0.29) is 0 Å². The molecule has 27 rings (SSSR count). The highest BCUT2D eigenvalue weighted by atomic mass is 14.3. The summed E-state index contributed by atoms with van der Waals surface area (Å²) in [4.78, 5) is 0. The van der Waals surface area contributed by atoms with Crippen molar-refractivity contribution in [3.8, 4) is 156 Å². The van der Waals surface area contributed by atoms with Crippen LogP contribution in [-0.2, 0) is 0 Å². The SMILES string of the molecule is c1ccc2c(-c3cc(-c4cc(-c5c6ccccc6c(-c6cc(-c7cc(-c8cccc9ccccc89)cc(-c8cccc9ccccc89)c7)cc(-c7ccc(-c8cccc9ccccc89)c8c(-c9cccc%10ccccc9%10)cccc78)c6)c6ccccc56)cc(-c5ccc(-c6cccc7ccccc67)c6c(-c7cccc8ccccc78)cccc56)c4)cc(-c4cccc5ccccc45)c3)cccc2c1. The molecule has 0 aliphatic rings. The molecule has 0 heterocycles. The zero-order valence-corrected chi connectivity index (χ0v) is 75.7. The molecule has 0 unspecified atom stereocenters. The van der Waals surface area contributed by atoms with E-state index < -0.39 is 0 Å². The van der Waals surface area contributed by atoms with E-state index in [4.69, 9.17) is 0 Å². The lowest BCUT2D eigenvalue weighted by Crippen LogP contribution is -1.95.